The van der Waals surface area contributed by atoms with E-state index in [4.69, 9.17) is 14.2 Å². The minimum absolute atomic E-state index is 0.123. The summed E-state index contributed by atoms with van der Waals surface area (Å²) in [5.41, 5.74) is 0.123. The van der Waals surface area contributed by atoms with Crippen molar-refractivity contribution in [2.75, 3.05) is 13.2 Å². The highest BCUT2D eigenvalue weighted by molar-refractivity contribution is 5.96. The average Bonchev–Trinajstić information content (AvgIpc) is 2.41. The lowest BCUT2D eigenvalue weighted by Crippen LogP contribution is -2.26. The third-order valence-corrected chi connectivity index (χ3v) is 2.17. The van der Waals surface area contributed by atoms with Crippen molar-refractivity contribution in [3.05, 3.63) is 11.6 Å². The fourth-order valence-electron chi connectivity index (χ4n) is 1.12. The van der Waals surface area contributed by atoms with Gasteiger partial charge in [-0.3, -0.25) is 0 Å². The summed E-state index contributed by atoms with van der Waals surface area (Å²) in [6.07, 6.45) is 1.38. The number of carbonyl (C=O) groups is 3. The topological polar surface area (TPSA) is 78.9 Å². The molecule has 0 saturated carbocycles. The van der Waals surface area contributed by atoms with Crippen molar-refractivity contribution in [1.82, 2.24) is 0 Å². The molecule has 0 aromatic carbocycles. The highest BCUT2D eigenvalue weighted by atomic mass is 16.6. The number of rotatable bonds is 8. The van der Waals surface area contributed by atoms with Crippen LogP contribution in [0.3, 0.4) is 0 Å². The number of carbonyl (C=O) groups excluding carboxylic acids is 3. The third-order valence-electron chi connectivity index (χ3n) is 2.17. The lowest BCUT2D eigenvalue weighted by molar-refractivity contribution is -0.163. The first-order valence-electron chi connectivity index (χ1n) is 6.65. The highest BCUT2D eigenvalue weighted by Crippen LogP contribution is 2.02. The van der Waals surface area contributed by atoms with E-state index < -0.39 is 24.0 Å². The minimum atomic E-state index is -1.01. The molecule has 6 nitrogen and oxygen atoms in total. The maximum atomic E-state index is 11.5. The van der Waals surface area contributed by atoms with Crippen LogP contribution in [-0.4, -0.2) is 37.2 Å². The first-order valence-corrected chi connectivity index (χ1v) is 6.65. The Morgan fingerprint density at radius 3 is 2.15 bits per heavy atom. The minimum Gasteiger partial charge on any atom is -0.463 e. The molecule has 114 valence electrons. The molecule has 1 atom stereocenters. The molecule has 0 radical (unpaired) electrons. The normalized spacial score (nSPS) is 12.5. The van der Waals surface area contributed by atoms with E-state index >= 15 is 0 Å². The summed E-state index contributed by atoms with van der Waals surface area (Å²) < 4.78 is 14.5. The fourth-order valence-corrected chi connectivity index (χ4v) is 1.12. The average molecular weight is 286 g/mol. The molecule has 0 aliphatic heterocycles. The maximum Gasteiger partial charge on any atom is 0.347 e. The molecule has 0 aromatic heterocycles. The summed E-state index contributed by atoms with van der Waals surface area (Å²) in [4.78, 5) is 34.3. The SMILES string of the molecule is CCCOC(=O)/C(C)=C\C(=O)OC(C)C(=O)OCCC. The molecule has 0 rings (SSSR count). The molecule has 0 aromatic rings. The Labute approximate surface area is 119 Å². The van der Waals surface area contributed by atoms with Gasteiger partial charge >= 0.3 is 17.9 Å². The first-order chi connectivity index (χ1) is 9.42. The molecule has 0 saturated heterocycles. The largest absolute Gasteiger partial charge is 0.463 e. The summed E-state index contributed by atoms with van der Waals surface area (Å²) in [6, 6.07) is 0. The Bertz CT molecular complexity index is 372. The molecule has 0 bridgehead atoms. The summed E-state index contributed by atoms with van der Waals surface area (Å²) in [5.74, 6) is -1.97. The molecule has 20 heavy (non-hydrogen) atoms. The highest BCUT2D eigenvalue weighted by Gasteiger charge is 2.18. The predicted molar refractivity (Wildman–Crippen MR) is 71.8 cm³/mol. The van der Waals surface area contributed by atoms with Gasteiger partial charge in [-0.05, 0) is 26.7 Å². The van der Waals surface area contributed by atoms with Gasteiger partial charge in [0.2, 0.25) is 0 Å². The molecular formula is C14H22O6. The number of ether oxygens (including phenoxy) is 3. The van der Waals surface area contributed by atoms with Crippen LogP contribution < -0.4 is 0 Å². The van der Waals surface area contributed by atoms with Crippen LogP contribution in [0.4, 0.5) is 0 Å². The molecular weight excluding hydrogens is 264 g/mol. The number of esters is 3. The van der Waals surface area contributed by atoms with E-state index in [0.29, 0.717) is 19.4 Å². The van der Waals surface area contributed by atoms with E-state index in [9.17, 15) is 14.4 Å². The van der Waals surface area contributed by atoms with Gasteiger partial charge in [0.05, 0.1) is 13.2 Å². The fraction of sp³-hybridized carbons (Fsp3) is 0.643. The summed E-state index contributed by atoms with van der Waals surface area (Å²) in [7, 11) is 0. The van der Waals surface area contributed by atoms with Gasteiger partial charge in [-0.25, -0.2) is 14.4 Å². The molecule has 0 heterocycles. The molecule has 0 spiro atoms. The van der Waals surface area contributed by atoms with Crippen molar-refractivity contribution >= 4 is 17.9 Å². The van der Waals surface area contributed by atoms with Gasteiger partial charge in [0.1, 0.15) is 0 Å². The summed E-state index contributed by atoms with van der Waals surface area (Å²) in [6.45, 7) is 7.15. The van der Waals surface area contributed by atoms with Gasteiger partial charge in [-0.2, -0.15) is 0 Å². The zero-order valence-electron chi connectivity index (χ0n) is 12.4. The second-order valence-electron chi connectivity index (χ2n) is 4.21. The monoisotopic (exact) mass is 286 g/mol. The Kier molecular flexibility index (Phi) is 9.07. The predicted octanol–water partition coefficient (Wildman–Crippen LogP) is 1.77. The molecule has 0 aliphatic carbocycles. The molecule has 0 fully saturated rings. The van der Waals surface area contributed by atoms with E-state index in [1.165, 1.54) is 13.8 Å². The molecule has 0 aliphatic rings. The maximum absolute atomic E-state index is 11.5. The van der Waals surface area contributed by atoms with E-state index in [1.807, 2.05) is 13.8 Å². The van der Waals surface area contributed by atoms with Crippen LogP contribution in [0.15, 0.2) is 11.6 Å². The van der Waals surface area contributed by atoms with Crippen LogP contribution in [0.25, 0.3) is 0 Å². The Morgan fingerprint density at radius 1 is 1.05 bits per heavy atom. The van der Waals surface area contributed by atoms with Crippen molar-refractivity contribution < 1.29 is 28.6 Å². The molecule has 0 N–H and O–H groups in total. The second-order valence-corrected chi connectivity index (χ2v) is 4.21. The van der Waals surface area contributed by atoms with Gasteiger partial charge in [-0.15, -0.1) is 0 Å². The van der Waals surface area contributed by atoms with Gasteiger partial charge in [0, 0.05) is 11.6 Å². The van der Waals surface area contributed by atoms with E-state index in [2.05, 4.69) is 0 Å². The second kappa shape index (κ2) is 10.00. The number of hydrogen-bond donors (Lipinski definition) is 0. The lowest BCUT2D eigenvalue weighted by atomic mass is 10.3. The van der Waals surface area contributed by atoms with Crippen molar-refractivity contribution in [1.29, 1.82) is 0 Å². The number of hydrogen-bond acceptors (Lipinski definition) is 6. The summed E-state index contributed by atoms with van der Waals surface area (Å²) >= 11 is 0. The van der Waals surface area contributed by atoms with Crippen LogP contribution in [0, 0.1) is 0 Å². The van der Waals surface area contributed by atoms with Crippen molar-refractivity contribution in [2.24, 2.45) is 0 Å². The van der Waals surface area contributed by atoms with Gasteiger partial charge in [0.15, 0.2) is 6.10 Å². The van der Waals surface area contributed by atoms with Gasteiger partial charge in [0.25, 0.3) is 0 Å². The quantitative estimate of drug-likeness (QED) is 0.384. The standard InChI is InChI=1S/C14H22O6/c1-5-7-18-13(16)10(3)9-12(15)20-11(4)14(17)19-8-6-2/h9,11H,5-8H2,1-4H3/b10-9-. The van der Waals surface area contributed by atoms with Crippen LogP contribution in [0.1, 0.15) is 40.5 Å². The third kappa shape index (κ3) is 7.56. The van der Waals surface area contributed by atoms with Crippen LogP contribution >= 0.6 is 0 Å². The van der Waals surface area contributed by atoms with Crippen molar-refractivity contribution in [2.45, 2.75) is 46.6 Å². The first kappa shape index (κ1) is 18.1. The van der Waals surface area contributed by atoms with E-state index in [-0.39, 0.29) is 12.2 Å². The van der Waals surface area contributed by atoms with Crippen LogP contribution in [-0.2, 0) is 28.6 Å². The van der Waals surface area contributed by atoms with Crippen LogP contribution in [0.2, 0.25) is 0 Å². The van der Waals surface area contributed by atoms with Crippen molar-refractivity contribution in [3.63, 3.8) is 0 Å². The zero-order chi connectivity index (χ0) is 15.5. The van der Waals surface area contributed by atoms with E-state index in [1.54, 1.807) is 0 Å². The Morgan fingerprint density at radius 2 is 1.60 bits per heavy atom. The molecule has 1 unspecified atom stereocenters. The van der Waals surface area contributed by atoms with Crippen LogP contribution in [0.5, 0.6) is 0 Å². The molecule has 0 amide bonds. The lowest BCUT2D eigenvalue weighted by Gasteiger charge is -2.11. The van der Waals surface area contributed by atoms with Gasteiger partial charge < -0.3 is 14.2 Å². The zero-order valence-corrected chi connectivity index (χ0v) is 12.4. The smallest absolute Gasteiger partial charge is 0.347 e. The van der Waals surface area contributed by atoms with Crippen molar-refractivity contribution in [3.8, 4) is 0 Å². The van der Waals surface area contributed by atoms with E-state index in [0.717, 1.165) is 6.08 Å². The molecule has 6 heteroatoms. The Balaban J connectivity index is 4.32. The Hall–Kier alpha value is -1.85. The summed E-state index contributed by atoms with van der Waals surface area (Å²) in [5, 5.41) is 0. The van der Waals surface area contributed by atoms with Gasteiger partial charge in [-0.1, -0.05) is 13.8 Å².